The molecule has 0 aliphatic rings. The van der Waals surface area contributed by atoms with Crippen molar-refractivity contribution in [2.75, 3.05) is 0 Å². The van der Waals surface area contributed by atoms with Crippen LogP contribution in [-0.2, 0) is 0 Å². The number of aromatic nitrogens is 2. The molecule has 1 heterocycles. The van der Waals surface area contributed by atoms with Gasteiger partial charge in [0.25, 0.3) is 0 Å². The lowest BCUT2D eigenvalue weighted by molar-refractivity contribution is 0.0693. The minimum atomic E-state index is -1.13. The quantitative estimate of drug-likeness (QED) is 0.778. The summed E-state index contributed by atoms with van der Waals surface area (Å²) in [5, 5.41) is 9.36. The van der Waals surface area contributed by atoms with Crippen molar-refractivity contribution in [3.63, 3.8) is 0 Å². The largest absolute Gasteiger partial charge is 0.477 e. The molecule has 2 aromatic carbocycles. The lowest BCUT2D eigenvalue weighted by Gasteiger charge is -2.11. The molecule has 0 spiro atoms. The second-order valence-corrected chi connectivity index (χ2v) is 5.45. The number of hydrogen-bond donors (Lipinski definition) is 1. The molecule has 1 aromatic heterocycles. The third kappa shape index (κ3) is 3.25. The van der Waals surface area contributed by atoms with E-state index in [1.807, 2.05) is 56.3 Å². The number of carbonyl (C=O) groups is 1. The lowest BCUT2D eigenvalue weighted by Crippen LogP contribution is -2.05. The van der Waals surface area contributed by atoms with Gasteiger partial charge in [-0.05, 0) is 25.5 Å². The zero-order valence-electron chi connectivity index (χ0n) is 13.4. The number of hydrogen-bond acceptors (Lipinski definition) is 4. The Morgan fingerprint density at radius 1 is 1.08 bits per heavy atom. The Labute approximate surface area is 139 Å². The number of benzene rings is 2. The van der Waals surface area contributed by atoms with Crippen LogP contribution in [0.5, 0.6) is 11.6 Å². The lowest BCUT2D eigenvalue weighted by atomic mass is 10.1. The van der Waals surface area contributed by atoms with Crippen LogP contribution in [0.1, 0.15) is 21.5 Å². The molecule has 1 N–H and O–H groups in total. The van der Waals surface area contributed by atoms with E-state index < -0.39 is 5.97 Å². The Morgan fingerprint density at radius 3 is 2.50 bits per heavy atom. The highest BCUT2D eigenvalue weighted by Gasteiger charge is 2.17. The number of rotatable bonds is 4. The summed E-state index contributed by atoms with van der Waals surface area (Å²) in [5.41, 5.74) is 2.73. The fraction of sp³-hybridized carbons (Fsp3) is 0.105. The van der Waals surface area contributed by atoms with Crippen LogP contribution >= 0.6 is 0 Å². The first kappa shape index (κ1) is 15.7. The highest BCUT2D eigenvalue weighted by molar-refractivity contribution is 5.90. The van der Waals surface area contributed by atoms with Gasteiger partial charge in [0.2, 0.25) is 5.88 Å². The Kier molecular flexibility index (Phi) is 4.24. The van der Waals surface area contributed by atoms with E-state index in [0.29, 0.717) is 11.6 Å². The van der Waals surface area contributed by atoms with Gasteiger partial charge in [0.05, 0.1) is 0 Å². The van der Waals surface area contributed by atoms with E-state index >= 15 is 0 Å². The topological polar surface area (TPSA) is 72.3 Å². The van der Waals surface area contributed by atoms with Crippen molar-refractivity contribution in [2.45, 2.75) is 13.8 Å². The number of ether oxygens (including phenoxy) is 1. The molecule has 0 fully saturated rings. The van der Waals surface area contributed by atoms with Crippen LogP contribution in [0.4, 0.5) is 0 Å². The fourth-order valence-electron chi connectivity index (χ4n) is 2.33. The molecular formula is C19H16N2O3. The number of nitrogens with zero attached hydrogens (tertiary/aromatic N) is 2. The van der Waals surface area contributed by atoms with Gasteiger partial charge in [0.1, 0.15) is 11.3 Å². The summed E-state index contributed by atoms with van der Waals surface area (Å²) in [5.74, 6) is -0.112. The average molecular weight is 320 g/mol. The van der Waals surface area contributed by atoms with Gasteiger partial charge in [-0.25, -0.2) is 9.78 Å². The van der Waals surface area contributed by atoms with E-state index in [1.54, 1.807) is 6.07 Å². The normalized spacial score (nSPS) is 10.4. The monoisotopic (exact) mass is 320 g/mol. The predicted molar refractivity (Wildman–Crippen MR) is 90.4 cm³/mol. The minimum absolute atomic E-state index is 0.0308. The average Bonchev–Trinajstić information content (AvgIpc) is 2.58. The molecule has 0 atom stereocenters. The van der Waals surface area contributed by atoms with Gasteiger partial charge in [0, 0.05) is 11.8 Å². The molecule has 0 radical (unpaired) electrons. The third-order valence-electron chi connectivity index (χ3n) is 3.55. The van der Waals surface area contributed by atoms with Crippen LogP contribution in [0, 0.1) is 13.8 Å². The minimum Gasteiger partial charge on any atom is -0.477 e. The molecule has 5 nitrogen and oxygen atoms in total. The van der Waals surface area contributed by atoms with Gasteiger partial charge < -0.3 is 9.84 Å². The molecule has 0 aliphatic carbocycles. The third-order valence-corrected chi connectivity index (χ3v) is 3.55. The molecule has 0 bridgehead atoms. The standard InChI is InChI=1S/C19H16N2O3/c1-12-8-9-16(13(2)10-12)24-18-15(19(22)23)11-20-17(21-18)14-6-4-3-5-7-14/h3-11H,1-2H3,(H,22,23). The summed E-state index contributed by atoms with van der Waals surface area (Å²) < 4.78 is 5.79. The zero-order valence-corrected chi connectivity index (χ0v) is 13.4. The van der Waals surface area contributed by atoms with Gasteiger partial charge in [-0.15, -0.1) is 0 Å². The van der Waals surface area contributed by atoms with Gasteiger partial charge in [-0.2, -0.15) is 4.98 Å². The molecule has 120 valence electrons. The van der Waals surface area contributed by atoms with E-state index in [1.165, 1.54) is 6.20 Å². The molecule has 3 rings (SSSR count). The summed E-state index contributed by atoms with van der Waals surface area (Å²) in [7, 11) is 0. The van der Waals surface area contributed by atoms with Crippen molar-refractivity contribution in [3.8, 4) is 23.0 Å². The molecule has 5 heteroatoms. The van der Waals surface area contributed by atoms with E-state index in [-0.39, 0.29) is 11.4 Å². The summed E-state index contributed by atoms with van der Waals surface area (Å²) in [6, 6.07) is 15.0. The maximum absolute atomic E-state index is 11.4. The van der Waals surface area contributed by atoms with Gasteiger partial charge >= 0.3 is 5.97 Å². The van der Waals surface area contributed by atoms with Crippen LogP contribution in [0.15, 0.2) is 54.7 Å². The summed E-state index contributed by atoms with van der Waals surface area (Å²) >= 11 is 0. The van der Waals surface area contributed by atoms with Gasteiger partial charge in [0.15, 0.2) is 5.82 Å². The van der Waals surface area contributed by atoms with E-state index in [2.05, 4.69) is 9.97 Å². The first-order valence-electron chi connectivity index (χ1n) is 7.45. The van der Waals surface area contributed by atoms with Crippen LogP contribution < -0.4 is 4.74 Å². The SMILES string of the molecule is Cc1ccc(Oc2nc(-c3ccccc3)ncc2C(=O)O)c(C)c1. The fourth-order valence-corrected chi connectivity index (χ4v) is 2.33. The second kappa shape index (κ2) is 6.50. The predicted octanol–water partition coefficient (Wildman–Crippen LogP) is 4.25. The number of carboxylic acids is 1. The first-order valence-corrected chi connectivity index (χ1v) is 7.45. The Balaban J connectivity index is 2.05. The Bertz CT molecular complexity index is 892. The van der Waals surface area contributed by atoms with E-state index in [9.17, 15) is 9.90 Å². The Morgan fingerprint density at radius 2 is 1.83 bits per heavy atom. The molecule has 0 saturated heterocycles. The van der Waals surface area contributed by atoms with Crippen LogP contribution in [-0.4, -0.2) is 21.0 Å². The van der Waals surface area contributed by atoms with Gasteiger partial charge in [-0.1, -0.05) is 48.0 Å². The van der Waals surface area contributed by atoms with E-state index in [0.717, 1.165) is 16.7 Å². The smallest absolute Gasteiger partial charge is 0.342 e. The van der Waals surface area contributed by atoms with Gasteiger partial charge in [-0.3, -0.25) is 0 Å². The van der Waals surface area contributed by atoms with Crippen LogP contribution in [0.2, 0.25) is 0 Å². The number of aromatic carboxylic acids is 1. The van der Waals surface area contributed by atoms with Crippen molar-refractivity contribution < 1.29 is 14.6 Å². The molecule has 0 saturated carbocycles. The molecular weight excluding hydrogens is 304 g/mol. The first-order chi connectivity index (χ1) is 11.5. The van der Waals surface area contributed by atoms with E-state index in [4.69, 9.17) is 4.74 Å². The Hall–Kier alpha value is -3.21. The van der Waals surface area contributed by atoms with Crippen molar-refractivity contribution in [1.29, 1.82) is 0 Å². The molecule has 0 aliphatic heterocycles. The molecule has 3 aromatic rings. The maximum Gasteiger partial charge on any atom is 0.342 e. The van der Waals surface area contributed by atoms with Crippen LogP contribution in [0.25, 0.3) is 11.4 Å². The highest BCUT2D eigenvalue weighted by Crippen LogP contribution is 2.28. The highest BCUT2D eigenvalue weighted by atomic mass is 16.5. The summed E-state index contributed by atoms with van der Waals surface area (Å²) in [6.07, 6.45) is 1.27. The summed E-state index contributed by atoms with van der Waals surface area (Å²) in [4.78, 5) is 19.9. The zero-order chi connectivity index (χ0) is 17.1. The van der Waals surface area contributed by atoms with Crippen molar-refractivity contribution in [2.24, 2.45) is 0 Å². The second-order valence-electron chi connectivity index (χ2n) is 5.45. The number of carboxylic acid groups (broad SMARTS) is 1. The molecule has 0 unspecified atom stereocenters. The number of aryl methyl sites for hydroxylation is 2. The van der Waals surface area contributed by atoms with Crippen molar-refractivity contribution in [1.82, 2.24) is 9.97 Å². The molecule has 24 heavy (non-hydrogen) atoms. The van der Waals surface area contributed by atoms with Crippen LogP contribution in [0.3, 0.4) is 0 Å². The van der Waals surface area contributed by atoms with Crippen molar-refractivity contribution in [3.05, 3.63) is 71.4 Å². The maximum atomic E-state index is 11.4. The molecule has 0 amide bonds. The van der Waals surface area contributed by atoms with Crippen molar-refractivity contribution >= 4 is 5.97 Å². The summed E-state index contributed by atoms with van der Waals surface area (Å²) in [6.45, 7) is 3.89.